The van der Waals surface area contributed by atoms with Crippen LogP contribution in [-0.2, 0) is 4.74 Å². The van der Waals surface area contributed by atoms with Crippen LogP contribution in [0.25, 0.3) is 0 Å². The third-order valence-electron chi connectivity index (χ3n) is 6.14. The summed E-state index contributed by atoms with van der Waals surface area (Å²) in [5, 5.41) is 0. The Hall–Kier alpha value is -0.0400. The van der Waals surface area contributed by atoms with Crippen LogP contribution in [0.3, 0.4) is 0 Å². The Balaban J connectivity index is 1.70. The molecule has 0 bridgehead atoms. The molecular formula is C19H36O. The van der Waals surface area contributed by atoms with Crippen molar-refractivity contribution in [2.24, 2.45) is 11.8 Å². The van der Waals surface area contributed by atoms with Crippen LogP contribution in [0.1, 0.15) is 96.8 Å². The highest BCUT2D eigenvalue weighted by Crippen LogP contribution is 2.51. The fraction of sp³-hybridized carbons (Fsp3) is 1.00. The average molecular weight is 280 g/mol. The molecule has 0 radical (unpaired) electrons. The van der Waals surface area contributed by atoms with E-state index in [0.29, 0.717) is 0 Å². The van der Waals surface area contributed by atoms with E-state index in [1.165, 1.54) is 89.9 Å². The first-order valence-electron chi connectivity index (χ1n) is 9.38. The van der Waals surface area contributed by atoms with Gasteiger partial charge in [-0.25, -0.2) is 0 Å². The molecule has 0 aromatic heterocycles. The van der Waals surface area contributed by atoms with Gasteiger partial charge in [0, 0.05) is 7.11 Å². The van der Waals surface area contributed by atoms with Crippen LogP contribution in [-0.4, -0.2) is 12.7 Å². The highest BCUT2D eigenvalue weighted by atomic mass is 16.5. The minimum atomic E-state index is 0.278. The molecule has 2 saturated carbocycles. The number of rotatable bonds is 11. The fourth-order valence-electron chi connectivity index (χ4n) is 4.33. The smallest absolute Gasteiger partial charge is 0.0734 e. The first-order chi connectivity index (χ1) is 9.83. The lowest BCUT2D eigenvalue weighted by atomic mass is 9.59. The lowest BCUT2D eigenvalue weighted by molar-refractivity contribution is -0.150. The summed E-state index contributed by atoms with van der Waals surface area (Å²) in [5.74, 6) is 1.77. The lowest BCUT2D eigenvalue weighted by Crippen LogP contribution is -2.51. The fourth-order valence-corrected chi connectivity index (χ4v) is 4.33. The van der Waals surface area contributed by atoms with E-state index in [-0.39, 0.29) is 5.60 Å². The minimum absolute atomic E-state index is 0.278. The molecule has 0 spiro atoms. The normalized spacial score (nSPS) is 20.7. The molecule has 0 amide bonds. The first-order valence-corrected chi connectivity index (χ1v) is 9.38. The third kappa shape index (κ3) is 3.78. The molecule has 0 aromatic rings. The summed E-state index contributed by atoms with van der Waals surface area (Å²) in [6.07, 6.45) is 19.9. The Labute approximate surface area is 126 Å². The van der Waals surface area contributed by atoms with Crippen molar-refractivity contribution in [1.29, 1.82) is 0 Å². The molecule has 2 fully saturated rings. The van der Waals surface area contributed by atoms with E-state index in [2.05, 4.69) is 6.92 Å². The number of unbranched alkanes of at least 4 members (excludes halogenated alkanes) is 6. The van der Waals surface area contributed by atoms with Crippen LogP contribution >= 0.6 is 0 Å². The molecule has 118 valence electrons. The summed E-state index contributed by atoms with van der Waals surface area (Å²) >= 11 is 0. The molecule has 0 atom stereocenters. The first kappa shape index (κ1) is 16.3. The molecule has 0 aromatic carbocycles. The van der Waals surface area contributed by atoms with Gasteiger partial charge >= 0.3 is 0 Å². The maximum atomic E-state index is 6.19. The Morgan fingerprint density at radius 3 is 1.70 bits per heavy atom. The topological polar surface area (TPSA) is 9.23 Å². The standard InChI is InChI=1S/C19H36O/c1-3-4-5-6-7-8-9-16-19(20-2,17-12-10-13-17)18-14-11-15-18/h17-18H,3-16H2,1-2H3. The Bertz CT molecular complexity index is 238. The van der Waals surface area contributed by atoms with Crippen LogP contribution in [0.5, 0.6) is 0 Å². The largest absolute Gasteiger partial charge is 0.378 e. The molecule has 0 N–H and O–H groups in total. The van der Waals surface area contributed by atoms with Crippen molar-refractivity contribution in [1.82, 2.24) is 0 Å². The van der Waals surface area contributed by atoms with E-state index in [4.69, 9.17) is 4.74 Å². The second kappa shape index (κ2) is 8.41. The summed E-state index contributed by atoms with van der Waals surface area (Å²) in [6.45, 7) is 2.30. The summed E-state index contributed by atoms with van der Waals surface area (Å²) in [6, 6.07) is 0. The zero-order valence-corrected chi connectivity index (χ0v) is 14.0. The summed E-state index contributed by atoms with van der Waals surface area (Å²) in [5.41, 5.74) is 0.278. The molecule has 2 rings (SSSR count). The van der Waals surface area contributed by atoms with Crippen LogP contribution in [0.2, 0.25) is 0 Å². The van der Waals surface area contributed by atoms with Crippen molar-refractivity contribution in [2.45, 2.75) is 102 Å². The van der Waals surface area contributed by atoms with Crippen molar-refractivity contribution < 1.29 is 4.74 Å². The second-order valence-corrected chi connectivity index (χ2v) is 7.29. The number of hydrogen-bond acceptors (Lipinski definition) is 1. The maximum Gasteiger partial charge on any atom is 0.0734 e. The number of ether oxygens (including phenoxy) is 1. The second-order valence-electron chi connectivity index (χ2n) is 7.29. The third-order valence-corrected chi connectivity index (χ3v) is 6.14. The van der Waals surface area contributed by atoms with Gasteiger partial charge in [-0.3, -0.25) is 0 Å². The van der Waals surface area contributed by atoms with Crippen molar-refractivity contribution >= 4 is 0 Å². The van der Waals surface area contributed by atoms with E-state index in [0.717, 1.165) is 11.8 Å². The minimum Gasteiger partial charge on any atom is -0.378 e. The van der Waals surface area contributed by atoms with Gasteiger partial charge in [-0.1, -0.05) is 64.7 Å². The van der Waals surface area contributed by atoms with Crippen molar-refractivity contribution in [2.75, 3.05) is 7.11 Å². The van der Waals surface area contributed by atoms with Crippen LogP contribution in [0.4, 0.5) is 0 Å². The predicted molar refractivity (Wildman–Crippen MR) is 87.0 cm³/mol. The summed E-state index contributed by atoms with van der Waals surface area (Å²) in [7, 11) is 2.00. The van der Waals surface area contributed by atoms with Crippen LogP contribution in [0.15, 0.2) is 0 Å². The Morgan fingerprint density at radius 1 is 0.800 bits per heavy atom. The predicted octanol–water partition coefficient (Wildman–Crippen LogP) is 6.11. The van der Waals surface area contributed by atoms with Crippen LogP contribution < -0.4 is 0 Å². The van der Waals surface area contributed by atoms with Crippen molar-refractivity contribution in [3.05, 3.63) is 0 Å². The van der Waals surface area contributed by atoms with Gasteiger partial charge in [0.15, 0.2) is 0 Å². The van der Waals surface area contributed by atoms with Gasteiger partial charge in [0.2, 0.25) is 0 Å². The molecule has 0 saturated heterocycles. The highest BCUT2D eigenvalue weighted by Gasteiger charge is 2.49. The molecule has 0 heterocycles. The quantitative estimate of drug-likeness (QED) is 0.415. The summed E-state index contributed by atoms with van der Waals surface area (Å²) in [4.78, 5) is 0. The lowest BCUT2D eigenvalue weighted by Gasteiger charge is -2.52. The van der Waals surface area contributed by atoms with E-state index in [1.807, 2.05) is 7.11 Å². The molecule has 1 heteroatoms. The zero-order chi connectivity index (χ0) is 14.3. The summed E-state index contributed by atoms with van der Waals surface area (Å²) < 4.78 is 6.19. The Morgan fingerprint density at radius 2 is 1.30 bits per heavy atom. The molecular weight excluding hydrogens is 244 g/mol. The monoisotopic (exact) mass is 280 g/mol. The molecule has 2 aliphatic carbocycles. The zero-order valence-electron chi connectivity index (χ0n) is 14.0. The van der Waals surface area contributed by atoms with Crippen molar-refractivity contribution in [3.8, 4) is 0 Å². The van der Waals surface area contributed by atoms with E-state index >= 15 is 0 Å². The average Bonchev–Trinajstić information content (AvgIpc) is 2.33. The maximum absolute atomic E-state index is 6.19. The van der Waals surface area contributed by atoms with Crippen LogP contribution in [0, 0.1) is 11.8 Å². The van der Waals surface area contributed by atoms with Gasteiger partial charge in [0.05, 0.1) is 5.60 Å². The van der Waals surface area contributed by atoms with Gasteiger partial charge < -0.3 is 4.74 Å². The highest BCUT2D eigenvalue weighted by molar-refractivity contribution is 5.00. The molecule has 1 nitrogen and oxygen atoms in total. The SMILES string of the molecule is CCCCCCCCCC(OC)(C1CCC1)C1CCC1. The number of hydrogen-bond donors (Lipinski definition) is 0. The molecule has 0 aliphatic heterocycles. The molecule has 2 aliphatic rings. The van der Waals surface area contributed by atoms with Gasteiger partial charge in [-0.05, 0) is 43.9 Å². The van der Waals surface area contributed by atoms with E-state index < -0.39 is 0 Å². The van der Waals surface area contributed by atoms with E-state index in [1.54, 1.807) is 0 Å². The van der Waals surface area contributed by atoms with Gasteiger partial charge in [-0.15, -0.1) is 0 Å². The molecule has 20 heavy (non-hydrogen) atoms. The van der Waals surface area contributed by atoms with E-state index in [9.17, 15) is 0 Å². The van der Waals surface area contributed by atoms with Crippen molar-refractivity contribution in [3.63, 3.8) is 0 Å². The number of methoxy groups -OCH3 is 1. The van der Waals surface area contributed by atoms with Gasteiger partial charge in [0.1, 0.15) is 0 Å². The van der Waals surface area contributed by atoms with Gasteiger partial charge in [-0.2, -0.15) is 0 Å². The Kier molecular flexibility index (Phi) is 6.87. The van der Waals surface area contributed by atoms with Gasteiger partial charge in [0.25, 0.3) is 0 Å². The molecule has 0 unspecified atom stereocenters.